The van der Waals surface area contributed by atoms with Gasteiger partial charge in [-0.25, -0.2) is 27.2 Å². The monoisotopic (exact) mass is 824 g/mol. The Morgan fingerprint density at radius 3 is 1.18 bits per heavy atom. The summed E-state index contributed by atoms with van der Waals surface area (Å²) in [5, 5.41) is 0. The number of hydrogen-bond donors (Lipinski definition) is 0. The van der Waals surface area contributed by atoms with E-state index in [0.29, 0.717) is 50.3 Å². The van der Waals surface area contributed by atoms with Gasteiger partial charge in [-0.2, -0.15) is 0 Å². The summed E-state index contributed by atoms with van der Waals surface area (Å²) >= 11 is 0. The van der Waals surface area contributed by atoms with Gasteiger partial charge in [0.05, 0.1) is 25.3 Å². The molecule has 0 aromatic heterocycles. The topological polar surface area (TPSA) is 65.6 Å². The van der Waals surface area contributed by atoms with Crippen molar-refractivity contribution in [3.63, 3.8) is 0 Å². The lowest BCUT2D eigenvalue weighted by molar-refractivity contribution is -0.0301. The second-order valence-corrected chi connectivity index (χ2v) is 17.8. The molecule has 0 radical (unpaired) electrons. The molecule has 0 N–H and O–H groups in total. The number of rotatable bonds is 6. The van der Waals surface area contributed by atoms with Gasteiger partial charge in [0.25, 0.3) is 0 Å². The lowest BCUT2D eigenvalue weighted by atomic mass is 9.73. The summed E-state index contributed by atoms with van der Waals surface area (Å²) in [5.41, 5.74) is 5.01. The van der Waals surface area contributed by atoms with E-state index in [2.05, 4.69) is 9.80 Å². The van der Waals surface area contributed by atoms with Gasteiger partial charge in [-0.3, -0.25) is 9.80 Å². The third-order valence-corrected chi connectivity index (χ3v) is 14.2. The average Bonchev–Trinajstić information content (AvgIpc) is 3.27. The molecular weight excluding hydrogens is 773 g/mol. The molecule has 4 bridgehead atoms. The van der Waals surface area contributed by atoms with Crippen LogP contribution in [0.1, 0.15) is 84.0 Å². The molecule has 8 aliphatic rings. The van der Waals surface area contributed by atoms with Crippen molar-refractivity contribution < 1.29 is 36.6 Å². The molecule has 6 fully saturated rings. The summed E-state index contributed by atoms with van der Waals surface area (Å²) in [6.45, 7) is 8.17. The van der Waals surface area contributed by atoms with Crippen LogP contribution < -0.4 is 0 Å². The van der Waals surface area contributed by atoms with E-state index in [-0.39, 0.29) is 10.8 Å². The molecule has 12 rings (SSSR count). The largest absolute Gasteiger partial charge is 0.449 e. The van der Waals surface area contributed by atoms with Crippen molar-refractivity contribution in [2.24, 2.45) is 10.8 Å². The molecule has 8 aliphatic heterocycles. The van der Waals surface area contributed by atoms with Crippen LogP contribution in [0.4, 0.5) is 27.2 Å². The Balaban J connectivity index is 0.000000154. The Hall–Kier alpha value is -4.94. The second-order valence-electron chi connectivity index (χ2n) is 17.8. The van der Waals surface area contributed by atoms with Gasteiger partial charge in [0, 0.05) is 36.1 Å². The SMILES string of the molecule is O=C(OCC12CCN(CC1)CC2)N1CCc2ccccc2[C@@H]1c1cc(F)cc(F)c1.O=C(OCC12CCN(CC1)CC2)N1CCc2ccccc2[C@H]1c1cc(F)cc(F)c1. The molecule has 8 nitrogen and oxygen atoms in total. The summed E-state index contributed by atoms with van der Waals surface area (Å²) < 4.78 is 67.7. The number of halogens is 4. The van der Waals surface area contributed by atoms with Gasteiger partial charge >= 0.3 is 12.2 Å². The van der Waals surface area contributed by atoms with Crippen molar-refractivity contribution in [2.75, 3.05) is 65.6 Å². The molecule has 0 aliphatic carbocycles. The van der Waals surface area contributed by atoms with E-state index < -0.39 is 47.5 Å². The molecule has 316 valence electrons. The molecule has 2 amide bonds. The number of amides is 2. The van der Waals surface area contributed by atoms with Crippen LogP contribution in [0, 0.1) is 34.1 Å². The minimum atomic E-state index is -0.644. The summed E-state index contributed by atoms with van der Waals surface area (Å²) in [5.74, 6) is -2.58. The first-order chi connectivity index (χ1) is 29.1. The van der Waals surface area contributed by atoms with Gasteiger partial charge in [0.2, 0.25) is 0 Å². The molecule has 0 spiro atoms. The van der Waals surface area contributed by atoms with Crippen LogP contribution in [0.15, 0.2) is 84.9 Å². The number of nitrogens with zero attached hydrogens (tertiary/aromatic N) is 4. The molecular formula is C48H52F4N4O4. The first-order valence-electron chi connectivity index (χ1n) is 21.5. The zero-order valence-corrected chi connectivity index (χ0v) is 33.9. The first-order valence-corrected chi connectivity index (χ1v) is 21.5. The third kappa shape index (κ3) is 8.37. The molecule has 8 heterocycles. The maximum atomic E-state index is 14.0. The van der Waals surface area contributed by atoms with Gasteiger partial charge in [-0.05, 0) is 148 Å². The van der Waals surface area contributed by atoms with E-state index >= 15 is 0 Å². The fraction of sp³-hybridized carbons (Fsp3) is 0.458. The highest BCUT2D eigenvalue weighted by Gasteiger charge is 2.43. The Morgan fingerprint density at radius 1 is 0.500 bits per heavy atom. The summed E-state index contributed by atoms with van der Waals surface area (Å²) in [6, 6.07) is 21.4. The minimum absolute atomic E-state index is 0.0819. The van der Waals surface area contributed by atoms with Crippen molar-refractivity contribution in [3.05, 3.63) is 142 Å². The van der Waals surface area contributed by atoms with Crippen molar-refractivity contribution in [2.45, 2.75) is 63.5 Å². The van der Waals surface area contributed by atoms with Gasteiger partial charge in [-0.15, -0.1) is 0 Å². The Kier molecular flexibility index (Phi) is 11.4. The van der Waals surface area contributed by atoms with Crippen LogP contribution in [-0.4, -0.2) is 97.4 Å². The van der Waals surface area contributed by atoms with Crippen LogP contribution in [0.3, 0.4) is 0 Å². The number of carbonyl (C=O) groups is 2. The lowest BCUT2D eigenvalue weighted by Crippen LogP contribution is -2.51. The zero-order chi connectivity index (χ0) is 41.4. The third-order valence-electron chi connectivity index (χ3n) is 14.2. The number of piperidine rings is 6. The van der Waals surface area contributed by atoms with E-state index in [1.807, 2.05) is 48.5 Å². The number of benzene rings is 4. The van der Waals surface area contributed by atoms with Gasteiger partial charge in [0.15, 0.2) is 0 Å². The highest BCUT2D eigenvalue weighted by Crippen LogP contribution is 2.43. The molecule has 0 saturated carbocycles. The molecule has 2 atom stereocenters. The first kappa shape index (κ1) is 40.5. The quantitative estimate of drug-likeness (QED) is 0.181. The minimum Gasteiger partial charge on any atom is -0.449 e. The van der Waals surface area contributed by atoms with Crippen LogP contribution in [0.5, 0.6) is 0 Å². The zero-order valence-electron chi connectivity index (χ0n) is 33.9. The molecule has 12 heteroatoms. The maximum Gasteiger partial charge on any atom is 0.410 e. The highest BCUT2D eigenvalue weighted by atomic mass is 19.1. The molecule has 6 saturated heterocycles. The fourth-order valence-corrected chi connectivity index (χ4v) is 10.5. The fourth-order valence-electron chi connectivity index (χ4n) is 10.5. The highest BCUT2D eigenvalue weighted by molar-refractivity contribution is 5.71. The summed E-state index contributed by atoms with van der Waals surface area (Å²) in [7, 11) is 0. The summed E-state index contributed by atoms with van der Waals surface area (Å²) in [4.78, 5) is 34.5. The number of fused-ring (bicyclic) bond motifs is 8. The van der Waals surface area contributed by atoms with Gasteiger partial charge in [-0.1, -0.05) is 48.5 Å². The Labute approximate surface area is 349 Å². The lowest BCUT2D eigenvalue weighted by Gasteiger charge is -2.48. The van der Waals surface area contributed by atoms with E-state index in [4.69, 9.17) is 9.47 Å². The predicted molar refractivity (Wildman–Crippen MR) is 218 cm³/mol. The van der Waals surface area contributed by atoms with Crippen LogP contribution in [0.2, 0.25) is 0 Å². The summed E-state index contributed by atoms with van der Waals surface area (Å²) in [6.07, 6.45) is 6.93. The molecule has 4 aromatic carbocycles. The second kappa shape index (κ2) is 16.8. The number of hydrogen-bond acceptors (Lipinski definition) is 6. The predicted octanol–water partition coefficient (Wildman–Crippen LogP) is 9.07. The smallest absolute Gasteiger partial charge is 0.410 e. The average molecular weight is 825 g/mol. The van der Waals surface area contributed by atoms with Gasteiger partial charge in [0.1, 0.15) is 23.3 Å². The van der Waals surface area contributed by atoms with Crippen LogP contribution in [-0.2, 0) is 22.3 Å². The van der Waals surface area contributed by atoms with Gasteiger partial charge < -0.3 is 19.3 Å². The van der Waals surface area contributed by atoms with E-state index in [1.54, 1.807) is 9.80 Å². The standard InChI is InChI=1S/2C24H26F2N2O2/c2*25-19-13-18(14-20(26)15-19)22-21-4-2-1-3-17(21)5-9-28(22)23(29)30-16-24-6-10-27(11-7-24)12-8-24/h2*1-4,13-15,22H,5-12,16H2/t2*22-/m10/s1. The molecule has 4 aromatic rings. The number of carbonyl (C=O) groups excluding carboxylic acids is 2. The van der Waals surface area contributed by atoms with Crippen LogP contribution in [0.25, 0.3) is 0 Å². The Bertz CT molecular complexity index is 2000. The maximum absolute atomic E-state index is 14.0. The molecule has 0 unspecified atom stereocenters. The van der Waals surface area contributed by atoms with E-state index in [9.17, 15) is 27.2 Å². The Morgan fingerprint density at radius 2 is 0.833 bits per heavy atom. The van der Waals surface area contributed by atoms with Crippen molar-refractivity contribution in [1.29, 1.82) is 0 Å². The number of ether oxygens (including phenoxy) is 2. The van der Waals surface area contributed by atoms with E-state index in [1.165, 1.54) is 24.3 Å². The van der Waals surface area contributed by atoms with Crippen molar-refractivity contribution >= 4 is 12.2 Å². The molecule has 60 heavy (non-hydrogen) atoms. The van der Waals surface area contributed by atoms with Crippen molar-refractivity contribution in [3.8, 4) is 0 Å². The van der Waals surface area contributed by atoms with Crippen LogP contribution >= 0.6 is 0 Å². The normalized spacial score (nSPS) is 27.6. The van der Waals surface area contributed by atoms with E-state index in [0.717, 1.165) is 112 Å². The van der Waals surface area contributed by atoms with Crippen molar-refractivity contribution in [1.82, 2.24) is 19.6 Å².